The molecule has 1 rings (SSSR count). The van der Waals surface area contributed by atoms with E-state index in [0.29, 0.717) is 12.1 Å². The summed E-state index contributed by atoms with van der Waals surface area (Å²) in [6.45, 7) is 6.45. The molecule has 0 aromatic carbocycles. The second-order valence-corrected chi connectivity index (χ2v) is 4.83. The minimum Gasteiger partial charge on any atom is -0.380 e. The smallest absolute Gasteiger partial charge is 0.0619 e. The SMILES string of the molecule is CCCCCCC(C)NC1CCCOC1. The minimum atomic E-state index is 0.611. The Kier molecular flexibility index (Phi) is 7.03. The summed E-state index contributed by atoms with van der Waals surface area (Å²) < 4.78 is 5.46. The monoisotopic (exact) mass is 213 g/mol. The van der Waals surface area contributed by atoms with Crippen molar-refractivity contribution >= 4 is 0 Å². The van der Waals surface area contributed by atoms with Crippen molar-refractivity contribution in [3.05, 3.63) is 0 Å². The predicted molar refractivity (Wildman–Crippen MR) is 65.2 cm³/mol. The van der Waals surface area contributed by atoms with Crippen molar-refractivity contribution in [3.63, 3.8) is 0 Å². The van der Waals surface area contributed by atoms with Crippen LogP contribution in [0.3, 0.4) is 0 Å². The van der Waals surface area contributed by atoms with Gasteiger partial charge in [0.15, 0.2) is 0 Å². The molecule has 1 heterocycles. The number of rotatable bonds is 7. The highest BCUT2D eigenvalue weighted by Crippen LogP contribution is 2.10. The van der Waals surface area contributed by atoms with Crippen molar-refractivity contribution in [2.45, 2.75) is 70.9 Å². The summed E-state index contributed by atoms with van der Waals surface area (Å²) in [6, 6.07) is 1.27. The molecule has 0 saturated carbocycles. The third-order valence-corrected chi connectivity index (χ3v) is 3.17. The molecule has 2 unspecified atom stereocenters. The zero-order valence-electron chi connectivity index (χ0n) is 10.4. The second-order valence-electron chi connectivity index (χ2n) is 4.83. The normalized spacial score (nSPS) is 24.0. The zero-order valence-corrected chi connectivity index (χ0v) is 10.4. The topological polar surface area (TPSA) is 21.3 Å². The van der Waals surface area contributed by atoms with Gasteiger partial charge in [0.25, 0.3) is 0 Å². The Bertz CT molecular complexity index is 143. The number of ether oxygens (including phenoxy) is 1. The first-order valence-electron chi connectivity index (χ1n) is 6.66. The van der Waals surface area contributed by atoms with Gasteiger partial charge in [-0.25, -0.2) is 0 Å². The summed E-state index contributed by atoms with van der Waals surface area (Å²) in [6.07, 6.45) is 9.31. The van der Waals surface area contributed by atoms with Crippen LogP contribution >= 0.6 is 0 Å². The van der Waals surface area contributed by atoms with E-state index in [1.165, 1.54) is 44.9 Å². The van der Waals surface area contributed by atoms with Crippen LogP contribution in [0.4, 0.5) is 0 Å². The number of hydrogen-bond donors (Lipinski definition) is 1. The first-order chi connectivity index (χ1) is 7.33. The highest BCUT2D eigenvalue weighted by Gasteiger charge is 2.15. The van der Waals surface area contributed by atoms with Gasteiger partial charge in [0.2, 0.25) is 0 Å². The number of nitrogens with one attached hydrogen (secondary N) is 1. The fourth-order valence-corrected chi connectivity index (χ4v) is 2.24. The first-order valence-corrected chi connectivity index (χ1v) is 6.66. The zero-order chi connectivity index (χ0) is 10.9. The summed E-state index contributed by atoms with van der Waals surface area (Å²) in [7, 11) is 0. The molecule has 0 spiro atoms. The van der Waals surface area contributed by atoms with E-state index in [4.69, 9.17) is 4.74 Å². The fraction of sp³-hybridized carbons (Fsp3) is 1.00. The van der Waals surface area contributed by atoms with Crippen LogP contribution in [0.1, 0.15) is 58.8 Å². The molecule has 2 atom stereocenters. The van der Waals surface area contributed by atoms with Crippen LogP contribution in [0.15, 0.2) is 0 Å². The molecule has 2 heteroatoms. The fourth-order valence-electron chi connectivity index (χ4n) is 2.24. The van der Waals surface area contributed by atoms with Crippen LogP contribution in [0.2, 0.25) is 0 Å². The van der Waals surface area contributed by atoms with E-state index < -0.39 is 0 Å². The lowest BCUT2D eigenvalue weighted by atomic mass is 10.1. The molecule has 1 aliphatic rings. The maximum Gasteiger partial charge on any atom is 0.0619 e. The summed E-state index contributed by atoms with van der Waals surface area (Å²) in [4.78, 5) is 0. The molecule has 15 heavy (non-hydrogen) atoms. The molecule has 1 fully saturated rings. The van der Waals surface area contributed by atoms with Crippen molar-refractivity contribution < 1.29 is 4.74 Å². The van der Waals surface area contributed by atoms with Crippen LogP contribution in [-0.4, -0.2) is 25.3 Å². The van der Waals surface area contributed by atoms with Crippen LogP contribution in [0.5, 0.6) is 0 Å². The number of hydrogen-bond acceptors (Lipinski definition) is 2. The highest BCUT2D eigenvalue weighted by atomic mass is 16.5. The largest absolute Gasteiger partial charge is 0.380 e. The lowest BCUT2D eigenvalue weighted by Crippen LogP contribution is -2.41. The van der Waals surface area contributed by atoms with Gasteiger partial charge in [0.1, 0.15) is 0 Å². The van der Waals surface area contributed by atoms with E-state index in [2.05, 4.69) is 19.2 Å². The Hall–Kier alpha value is -0.0800. The van der Waals surface area contributed by atoms with E-state index in [1.807, 2.05) is 0 Å². The van der Waals surface area contributed by atoms with E-state index in [9.17, 15) is 0 Å². The predicted octanol–water partition coefficient (Wildman–Crippen LogP) is 3.11. The molecule has 0 aromatic rings. The van der Waals surface area contributed by atoms with Gasteiger partial charge in [0, 0.05) is 18.7 Å². The van der Waals surface area contributed by atoms with Crippen LogP contribution in [-0.2, 0) is 4.74 Å². The highest BCUT2D eigenvalue weighted by molar-refractivity contribution is 4.73. The van der Waals surface area contributed by atoms with Gasteiger partial charge in [0.05, 0.1) is 6.61 Å². The number of unbranched alkanes of at least 4 members (excludes halogenated alkanes) is 3. The molecule has 0 amide bonds. The van der Waals surface area contributed by atoms with E-state index in [0.717, 1.165) is 13.2 Å². The molecule has 1 saturated heterocycles. The van der Waals surface area contributed by atoms with Crippen LogP contribution in [0, 0.1) is 0 Å². The van der Waals surface area contributed by atoms with Crippen molar-refractivity contribution in [3.8, 4) is 0 Å². The quantitative estimate of drug-likeness (QED) is 0.656. The lowest BCUT2D eigenvalue weighted by Gasteiger charge is -2.26. The molecule has 0 bridgehead atoms. The molecular weight excluding hydrogens is 186 g/mol. The average Bonchev–Trinajstić information content (AvgIpc) is 2.26. The maximum absolute atomic E-state index is 5.46. The summed E-state index contributed by atoms with van der Waals surface area (Å²) in [5, 5.41) is 3.67. The Morgan fingerprint density at radius 3 is 2.87 bits per heavy atom. The molecule has 1 aliphatic heterocycles. The van der Waals surface area contributed by atoms with Gasteiger partial charge >= 0.3 is 0 Å². The van der Waals surface area contributed by atoms with Gasteiger partial charge < -0.3 is 10.1 Å². The summed E-state index contributed by atoms with van der Waals surface area (Å²) in [5.74, 6) is 0. The second kappa shape index (κ2) is 8.12. The molecule has 0 radical (unpaired) electrons. The molecule has 0 aliphatic carbocycles. The Labute approximate surface area is 94.8 Å². The van der Waals surface area contributed by atoms with Crippen molar-refractivity contribution in [1.29, 1.82) is 0 Å². The van der Waals surface area contributed by atoms with Gasteiger partial charge in [-0.15, -0.1) is 0 Å². The van der Waals surface area contributed by atoms with Crippen LogP contribution in [0.25, 0.3) is 0 Å². The van der Waals surface area contributed by atoms with Crippen molar-refractivity contribution in [2.24, 2.45) is 0 Å². The van der Waals surface area contributed by atoms with Gasteiger partial charge in [-0.2, -0.15) is 0 Å². The van der Waals surface area contributed by atoms with E-state index in [1.54, 1.807) is 0 Å². The molecule has 1 N–H and O–H groups in total. The van der Waals surface area contributed by atoms with Gasteiger partial charge in [-0.1, -0.05) is 32.6 Å². The molecule has 90 valence electrons. The Morgan fingerprint density at radius 2 is 2.20 bits per heavy atom. The van der Waals surface area contributed by atoms with Crippen molar-refractivity contribution in [1.82, 2.24) is 5.32 Å². The van der Waals surface area contributed by atoms with E-state index >= 15 is 0 Å². The van der Waals surface area contributed by atoms with Gasteiger partial charge in [-0.3, -0.25) is 0 Å². The average molecular weight is 213 g/mol. The third kappa shape index (κ3) is 6.16. The summed E-state index contributed by atoms with van der Waals surface area (Å²) >= 11 is 0. The van der Waals surface area contributed by atoms with Gasteiger partial charge in [-0.05, 0) is 26.2 Å². The van der Waals surface area contributed by atoms with Crippen LogP contribution < -0.4 is 5.32 Å². The third-order valence-electron chi connectivity index (χ3n) is 3.17. The van der Waals surface area contributed by atoms with E-state index in [-0.39, 0.29) is 0 Å². The van der Waals surface area contributed by atoms with Crippen molar-refractivity contribution in [2.75, 3.05) is 13.2 Å². The Balaban J connectivity index is 1.98. The molecule has 0 aromatic heterocycles. The summed E-state index contributed by atoms with van der Waals surface area (Å²) in [5.41, 5.74) is 0. The lowest BCUT2D eigenvalue weighted by molar-refractivity contribution is 0.0666. The first kappa shape index (κ1) is 13.0. The minimum absolute atomic E-state index is 0.611. The standard InChI is InChI=1S/C13H27NO/c1-3-4-5-6-8-12(2)14-13-9-7-10-15-11-13/h12-14H,3-11H2,1-2H3. The molecule has 2 nitrogen and oxygen atoms in total. The Morgan fingerprint density at radius 1 is 1.33 bits per heavy atom. The maximum atomic E-state index is 5.46. The molecular formula is C13H27NO.